The molecule has 1 aromatic heterocycles. The summed E-state index contributed by atoms with van der Waals surface area (Å²) in [4.78, 5) is 15.7. The molecule has 0 fully saturated rings. The molecule has 122 valence electrons. The van der Waals surface area contributed by atoms with E-state index in [-0.39, 0.29) is 5.78 Å². The first-order valence-electron chi connectivity index (χ1n) is 8.16. The minimum absolute atomic E-state index is 0.157. The number of nitrogens with zero attached hydrogens (tertiary/aromatic N) is 1. The van der Waals surface area contributed by atoms with Crippen LogP contribution in [0.5, 0.6) is 0 Å². The third-order valence-electron chi connectivity index (χ3n) is 4.05. The Kier molecular flexibility index (Phi) is 4.61. The molecule has 0 aliphatic rings. The van der Waals surface area contributed by atoms with Crippen molar-refractivity contribution in [3.8, 4) is 22.4 Å². The standard InChI is InChI=1S/C21H21NO2/c1-14-4-7-17(8-5-14)18-9-11-19(12-10-18)21-20(13-6-15(2)23)24-16(3)22-21/h4-5,7-12H,6,13H2,1-3H3. The highest BCUT2D eigenvalue weighted by atomic mass is 16.4. The van der Waals surface area contributed by atoms with E-state index in [1.807, 2.05) is 6.92 Å². The lowest BCUT2D eigenvalue weighted by molar-refractivity contribution is -0.117. The number of aromatic nitrogens is 1. The highest BCUT2D eigenvalue weighted by molar-refractivity contribution is 5.76. The van der Waals surface area contributed by atoms with Crippen molar-refractivity contribution in [3.05, 3.63) is 65.7 Å². The Bertz CT molecular complexity index is 843. The quantitative estimate of drug-likeness (QED) is 0.653. The maximum atomic E-state index is 11.2. The molecule has 0 spiro atoms. The zero-order valence-electron chi connectivity index (χ0n) is 14.3. The van der Waals surface area contributed by atoms with Gasteiger partial charge in [-0.1, -0.05) is 54.1 Å². The molecular formula is C21H21NO2. The molecule has 0 aliphatic carbocycles. The van der Waals surface area contributed by atoms with Gasteiger partial charge in [-0.25, -0.2) is 4.98 Å². The van der Waals surface area contributed by atoms with Gasteiger partial charge in [0, 0.05) is 25.3 Å². The second-order valence-corrected chi connectivity index (χ2v) is 6.15. The first kappa shape index (κ1) is 16.2. The predicted molar refractivity (Wildman–Crippen MR) is 95.9 cm³/mol. The summed E-state index contributed by atoms with van der Waals surface area (Å²) in [7, 11) is 0. The molecule has 24 heavy (non-hydrogen) atoms. The van der Waals surface area contributed by atoms with E-state index in [1.54, 1.807) is 6.92 Å². The highest BCUT2D eigenvalue weighted by Gasteiger charge is 2.14. The Morgan fingerprint density at radius 2 is 1.46 bits per heavy atom. The number of rotatable bonds is 5. The van der Waals surface area contributed by atoms with E-state index in [9.17, 15) is 4.79 Å². The Balaban J connectivity index is 1.88. The van der Waals surface area contributed by atoms with E-state index >= 15 is 0 Å². The summed E-state index contributed by atoms with van der Waals surface area (Å²) in [5.41, 5.74) is 5.47. The number of ketones is 1. The monoisotopic (exact) mass is 319 g/mol. The molecule has 0 unspecified atom stereocenters. The van der Waals surface area contributed by atoms with E-state index in [0.717, 1.165) is 17.0 Å². The molecule has 2 aromatic carbocycles. The van der Waals surface area contributed by atoms with Crippen molar-refractivity contribution in [1.82, 2.24) is 4.98 Å². The minimum atomic E-state index is 0.157. The van der Waals surface area contributed by atoms with Crippen molar-refractivity contribution in [3.63, 3.8) is 0 Å². The third-order valence-corrected chi connectivity index (χ3v) is 4.05. The molecule has 0 amide bonds. The summed E-state index contributed by atoms with van der Waals surface area (Å²) in [5.74, 6) is 1.57. The summed E-state index contributed by atoms with van der Waals surface area (Å²) in [6.07, 6.45) is 1.06. The molecule has 3 rings (SSSR count). The summed E-state index contributed by atoms with van der Waals surface area (Å²) in [6.45, 7) is 5.52. The predicted octanol–water partition coefficient (Wildman–Crippen LogP) is 5.15. The van der Waals surface area contributed by atoms with Crippen LogP contribution in [-0.4, -0.2) is 10.8 Å². The Morgan fingerprint density at radius 1 is 0.917 bits per heavy atom. The summed E-state index contributed by atoms with van der Waals surface area (Å²) in [6, 6.07) is 16.8. The van der Waals surface area contributed by atoms with Gasteiger partial charge in [0.05, 0.1) is 0 Å². The van der Waals surface area contributed by atoms with E-state index < -0.39 is 0 Å². The van der Waals surface area contributed by atoms with Crippen molar-refractivity contribution >= 4 is 5.78 Å². The van der Waals surface area contributed by atoms with Crippen LogP contribution in [0, 0.1) is 13.8 Å². The van der Waals surface area contributed by atoms with E-state index in [0.29, 0.717) is 18.7 Å². The lowest BCUT2D eigenvalue weighted by Crippen LogP contribution is -1.94. The SMILES string of the molecule is CC(=O)CCc1oc(C)nc1-c1ccc(-c2ccc(C)cc2)cc1. The van der Waals surface area contributed by atoms with Gasteiger partial charge < -0.3 is 9.21 Å². The van der Waals surface area contributed by atoms with Crippen LogP contribution in [-0.2, 0) is 11.2 Å². The second-order valence-electron chi connectivity index (χ2n) is 6.15. The van der Waals surface area contributed by atoms with Crippen LogP contribution in [0.25, 0.3) is 22.4 Å². The summed E-state index contributed by atoms with van der Waals surface area (Å²) < 4.78 is 5.68. The van der Waals surface area contributed by atoms with Crippen molar-refractivity contribution < 1.29 is 9.21 Å². The molecule has 0 N–H and O–H groups in total. The third kappa shape index (κ3) is 3.62. The molecule has 0 aliphatic heterocycles. The minimum Gasteiger partial charge on any atom is -0.445 e. The van der Waals surface area contributed by atoms with Crippen molar-refractivity contribution in [2.75, 3.05) is 0 Å². The molecule has 3 nitrogen and oxygen atoms in total. The topological polar surface area (TPSA) is 43.1 Å². The fourth-order valence-electron chi connectivity index (χ4n) is 2.72. The van der Waals surface area contributed by atoms with Gasteiger partial charge in [0.2, 0.25) is 0 Å². The number of carbonyl (C=O) groups is 1. The highest BCUT2D eigenvalue weighted by Crippen LogP contribution is 2.28. The van der Waals surface area contributed by atoms with E-state index in [4.69, 9.17) is 4.42 Å². The first-order chi connectivity index (χ1) is 11.5. The fourth-order valence-corrected chi connectivity index (χ4v) is 2.72. The Morgan fingerprint density at radius 3 is 2.04 bits per heavy atom. The van der Waals surface area contributed by atoms with Gasteiger partial charge in [0.1, 0.15) is 17.2 Å². The molecule has 0 saturated carbocycles. The largest absolute Gasteiger partial charge is 0.445 e. The lowest BCUT2D eigenvalue weighted by atomic mass is 10.0. The van der Waals surface area contributed by atoms with Crippen LogP contribution in [0.2, 0.25) is 0 Å². The number of carbonyl (C=O) groups excluding carboxylic acids is 1. The van der Waals surface area contributed by atoms with E-state index in [1.165, 1.54) is 16.7 Å². The van der Waals surface area contributed by atoms with Crippen LogP contribution in [0.4, 0.5) is 0 Å². The molecule has 1 heterocycles. The Labute approximate surface area is 142 Å². The molecular weight excluding hydrogens is 298 g/mol. The van der Waals surface area contributed by atoms with Crippen molar-refractivity contribution in [2.45, 2.75) is 33.6 Å². The number of hydrogen-bond donors (Lipinski definition) is 0. The van der Waals surface area contributed by atoms with Crippen LogP contribution < -0.4 is 0 Å². The molecule has 3 heteroatoms. The van der Waals surface area contributed by atoms with Gasteiger partial charge in [-0.2, -0.15) is 0 Å². The maximum Gasteiger partial charge on any atom is 0.191 e. The van der Waals surface area contributed by atoms with Crippen LogP contribution in [0.1, 0.15) is 30.6 Å². The normalized spacial score (nSPS) is 10.8. The maximum absolute atomic E-state index is 11.2. The van der Waals surface area contributed by atoms with E-state index in [2.05, 4.69) is 60.4 Å². The molecule has 0 saturated heterocycles. The van der Waals surface area contributed by atoms with Gasteiger partial charge in [-0.3, -0.25) is 0 Å². The number of aryl methyl sites for hydroxylation is 3. The number of oxazole rings is 1. The molecule has 0 bridgehead atoms. The second kappa shape index (κ2) is 6.83. The van der Waals surface area contributed by atoms with Crippen LogP contribution >= 0.6 is 0 Å². The lowest BCUT2D eigenvalue weighted by Gasteiger charge is -2.05. The first-order valence-corrected chi connectivity index (χ1v) is 8.16. The molecule has 0 atom stereocenters. The van der Waals surface area contributed by atoms with Gasteiger partial charge in [0.15, 0.2) is 5.89 Å². The van der Waals surface area contributed by atoms with Crippen LogP contribution in [0.3, 0.4) is 0 Å². The zero-order chi connectivity index (χ0) is 17.1. The summed E-state index contributed by atoms with van der Waals surface area (Å²) in [5, 5.41) is 0. The average molecular weight is 319 g/mol. The van der Waals surface area contributed by atoms with Crippen LogP contribution in [0.15, 0.2) is 52.9 Å². The van der Waals surface area contributed by atoms with Gasteiger partial charge in [0.25, 0.3) is 0 Å². The fraction of sp³-hybridized carbons (Fsp3) is 0.238. The van der Waals surface area contributed by atoms with Gasteiger partial charge >= 0.3 is 0 Å². The smallest absolute Gasteiger partial charge is 0.191 e. The number of hydrogen-bond acceptors (Lipinski definition) is 3. The number of benzene rings is 2. The molecule has 0 radical (unpaired) electrons. The summed E-state index contributed by atoms with van der Waals surface area (Å²) >= 11 is 0. The van der Waals surface area contributed by atoms with Gasteiger partial charge in [-0.05, 0) is 25.0 Å². The average Bonchev–Trinajstić information content (AvgIpc) is 2.95. The number of Topliss-reactive ketones (excluding diaryl/α,β-unsaturated/α-hetero) is 1. The zero-order valence-corrected chi connectivity index (χ0v) is 14.3. The Hall–Kier alpha value is -2.68. The van der Waals surface area contributed by atoms with Gasteiger partial charge in [-0.15, -0.1) is 0 Å². The molecule has 3 aromatic rings. The van der Waals surface area contributed by atoms with Crippen molar-refractivity contribution in [1.29, 1.82) is 0 Å². The van der Waals surface area contributed by atoms with Crippen molar-refractivity contribution in [2.24, 2.45) is 0 Å².